The Hall–Kier alpha value is -3.01. The molecular weight excluding hydrogens is 366 g/mol. The van der Waals surface area contributed by atoms with Crippen LogP contribution in [0.4, 0.5) is 5.69 Å². The average molecular weight is 383 g/mol. The monoisotopic (exact) mass is 383 g/mol. The van der Waals surface area contributed by atoms with E-state index in [4.69, 9.17) is 14.2 Å². The first kappa shape index (κ1) is 17.1. The van der Waals surface area contributed by atoms with Gasteiger partial charge in [-0.15, -0.1) is 0 Å². The number of ketones is 2. The molecule has 9 nitrogen and oxygen atoms in total. The number of carbonyl (C=O) groups is 2. The second-order valence-corrected chi connectivity index (χ2v) is 6.77. The molecule has 2 aliphatic heterocycles. The van der Waals surface area contributed by atoms with Crippen molar-refractivity contribution in [3.05, 3.63) is 53.3 Å². The quantitative estimate of drug-likeness (QED) is 0.809. The molecule has 144 valence electrons. The van der Waals surface area contributed by atoms with Crippen LogP contribution in [0, 0.1) is 0 Å². The molecule has 0 spiro atoms. The molecule has 1 fully saturated rings. The molecule has 0 saturated carbocycles. The summed E-state index contributed by atoms with van der Waals surface area (Å²) >= 11 is 0. The van der Waals surface area contributed by atoms with Gasteiger partial charge in [0.05, 0.1) is 19.4 Å². The molecule has 0 bridgehead atoms. The van der Waals surface area contributed by atoms with Gasteiger partial charge in [0, 0.05) is 17.8 Å². The van der Waals surface area contributed by atoms with Crippen molar-refractivity contribution in [1.82, 2.24) is 9.55 Å². The number of hydrogen-bond donors (Lipinski definition) is 2. The van der Waals surface area contributed by atoms with Crippen LogP contribution in [0.2, 0.25) is 0 Å². The Balaban J connectivity index is 1.53. The number of fused-ring (bicyclic) bond motifs is 5. The third-order valence-corrected chi connectivity index (χ3v) is 5.06. The summed E-state index contributed by atoms with van der Waals surface area (Å²) in [5, 5.41) is 13.0. The molecule has 28 heavy (non-hydrogen) atoms. The number of anilines is 1. The van der Waals surface area contributed by atoms with E-state index >= 15 is 0 Å². The number of Topliss-reactive ketones (excluding diaryl/α,β-unsaturated/α-hetero) is 1. The zero-order chi connectivity index (χ0) is 19.4. The van der Waals surface area contributed by atoms with Crippen molar-refractivity contribution < 1.29 is 28.9 Å². The zero-order valence-corrected chi connectivity index (χ0v) is 14.9. The van der Waals surface area contributed by atoms with Gasteiger partial charge in [-0.25, -0.2) is 4.98 Å². The van der Waals surface area contributed by atoms with Crippen LogP contribution in [0.15, 0.2) is 36.0 Å². The molecular formula is C19H17N3O6. The summed E-state index contributed by atoms with van der Waals surface area (Å²) in [5.41, 5.74) is 0.975. The highest BCUT2D eigenvalue weighted by Crippen LogP contribution is 2.37. The molecule has 0 radical (unpaired) electrons. The van der Waals surface area contributed by atoms with Crippen molar-refractivity contribution >= 4 is 17.3 Å². The Morgan fingerprint density at radius 3 is 3.00 bits per heavy atom. The highest BCUT2D eigenvalue weighted by molar-refractivity contribution is 6.24. The lowest BCUT2D eigenvalue weighted by atomic mass is 10.0. The number of nitrogens with zero attached hydrogens (tertiary/aromatic N) is 2. The van der Waals surface area contributed by atoms with E-state index in [1.807, 2.05) is 0 Å². The second-order valence-electron chi connectivity index (χ2n) is 6.77. The minimum Gasteiger partial charge on any atom is -0.497 e. The summed E-state index contributed by atoms with van der Waals surface area (Å²) in [5.74, 6) is 0.299. The van der Waals surface area contributed by atoms with E-state index in [-0.39, 0.29) is 41.9 Å². The summed E-state index contributed by atoms with van der Waals surface area (Å²) in [6.07, 6.45) is -0.848. The summed E-state index contributed by atoms with van der Waals surface area (Å²) in [6, 6.07) is 7.05. The standard InChI is InChI=1S/C19H17N3O6/c1-26-10-4-2-3-9(5-10)20-11-6-12(23)15-16(17(11)25)22-14(21-15)8-27-18-13(24)7-28-19(18)22/h2-6,13,18-20,24H,7-8H2,1H3/t13-,18-,19+/m1/s1. The lowest BCUT2D eigenvalue weighted by molar-refractivity contribution is -0.0992. The largest absolute Gasteiger partial charge is 0.497 e. The predicted octanol–water partition coefficient (Wildman–Crippen LogP) is 1.06. The van der Waals surface area contributed by atoms with Crippen molar-refractivity contribution in [1.29, 1.82) is 0 Å². The highest BCUT2D eigenvalue weighted by Gasteiger charge is 2.46. The van der Waals surface area contributed by atoms with Crippen molar-refractivity contribution in [3.8, 4) is 5.75 Å². The topological polar surface area (TPSA) is 112 Å². The Labute approximate surface area is 159 Å². The first-order valence-electron chi connectivity index (χ1n) is 8.81. The lowest BCUT2D eigenvalue weighted by Gasteiger charge is -2.29. The molecule has 5 rings (SSSR count). The van der Waals surface area contributed by atoms with E-state index in [0.29, 0.717) is 17.3 Å². The number of allylic oxidation sites excluding steroid dienone is 2. The molecule has 1 saturated heterocycles. The molecule has 1 aromatic heterocycles. The van der Waals surface area contributed by atoms with Crippen molar-refractivity contribution in [2.75, 3.05) is 19.0 Å². The van der Waals surface area contributed by atoms with Gasteiger partial charge in [-0.2, -0.15) is 0 Å². The molecule has 1 aliphatic carbocycles. The van der Waals surface area contributed by atoms with Gasteiger partial charge in [-0.05, 0) is 12.1 Å². The Kier molecular flexibility index (Phi) is 3.83. The third kappa shape index (κ3) is 2.48. The van der Waals surface area contributed by atoms with E-state index in [1.54, 1.807) is 35.9 Å². The molecule has 0 unspecified atom stereocenters. The van der Waals surface area contributed by atoms with Crippen LogP contribution >= 0.6 is 0 Å². The minimum atomic E-state index is -0.796. The lowest BCUT2D eigenvalue weighted by Crippen LogP contribution is -2.38. The summed E-state index contributed by atoms with van der Waals surface area (Å²) in [7, 11) is 1.55. The third-order valence-electron chi connectivity index (χ3n) is 5.06. The fourth-order valence-electron chi connectivity index (χ4n) is 3.75. The number of imidazole rings is 1. The number of benzene rings is 1. The van der Waals surface area contributed by atoms with E-state index in [9.17, 15) is 14.7 Å². The van der Waals surface area contributed by atoms with Crippen LogP contribution in [-0.4, -0.2) is 52.1 Å². The molecule has 2 N–H and O–H groups in total. The average Bonchev–Trinajstić information content (AvgIpc) is 3.27. The van der Waals surface area contributed by atoms with Crippen molar-refractivity contribution in [3.63, 3.8) is 0 Å². The normalized spacial score (nSPS) is 25.6. The number of methoxy groups -OCH3 is 1. The molecule has 3 heterocycles. The SMILES string of the molecule is COc1cccc(NC2=CC(=O)c3nc4n(c3C2=O)[C@H]2OC[C@@H](O)[C@H]2OC4)c1. The number of carbonyl (C=O) groups excluding carboxylic acids is 2. The van der Waals surface area contributed by atoms with Gasteiger partial charge in [0.1, 0.15) is 41.8 Å². The Morgan fingerprint density at radius 1 is 1.32 bits per heavy atom. The molecule has 3 aliphatic rings. The van der Waals surface area contributed by atoms with Gasteiger partial charge in [-0.3, -0.25) is 14.2 Å². The number of aromatic nitrogens is 2. The molecule has 2 aromatic rings. The van der Waals surface area contributed by atoms with Gasteiger partial charge >= 0.3 is 0 Å². The fraction of sp³-hybridized carbons (Fsp3) is 0.316. The van der Waals surface area contributed by atoms with Gasteiger partial charge in [0.15, 0.2) is 6.23 Å². The number of rotatable bonds is 3. The smallest absolute Gasteiger partial charge is 0.228 e. The van der Waals surface area contributed by atoms with Crippen LogP contribution in [0.3, 0.4) is 0 Å². The van der Waals surface area contributed by atoms with Crippen LogP contribution in [-0.2, 0) is 16.1 Å². The van der Waals surface area contributed by atoms with Crippen molar-refractivity contribution in [2.24, 2.45) is 0 Å². The van der Waals surface area contributed by atoms with Crippen LogP contribution in [0.1, 0.15) is 33.0 Å². The van der Waals surface area contributed by atoms with Gasteiger partial charge < -0.3 is 24.6 Å². The van der Waals surface area contributed by atoms with Crippen LogP contribution < -0.4 is 10.1 Å². The van der Waals surface area contributed by atoms with Crippen molar-refractivity contribution in [2.45, 2.75) is 25.0 Å². The van der Waals surface area contributed by atoms with Gasteiger partial charge in [0.2, 0.25) is 11.6 Å². The Morgan fingerprint density at radius 2 is 2.18 bits per heavy atom. The van der Waals surface area contributed by atoms with E-state index < -0.39 is 18.4 Å². The maximum absolute atomic E-state index is 13.2. The summed E-state index contributed by atoms with van der Waals surface area (Å²) in [6.45, 7) is 0.183. The number of ether oxygens (including phenoxy) is 3. The van der Waals surface area contributed by atoms with E-state index in [0.717, 1.165) is 0 Å². The van der Waals surface area contributed by atoms with Gasteiger partial charge in [-0.1, -0.05) is 6.07 Å². The maximum atomic E-state index is 13.2. The molecule has 9 heteroatoms. The second kappa shape index (κ2) is 6.26. The molecule has 3 atom stereocenters. The van der Waals surface area contributed by atoms with Crippen LogP contribution in [0.5, 0.6) is 5.75 Å². The first-order chi connectivity index (χ1) is 13.6. The van der Waals surface area contributed by atoms with Crippen LogP contribution in [0.25, 0.3) is 0 Å². The number of nitrogens with one attached hydrogen (secondary N) is 1. The first-order valence-corrected chi connectivity index (χ1v) is 8.81. The molecule has 1 aromatic carbocycles. The number of aliphatic hydroxyl groups is 1. The number of aliphatic hydroxyl groups excluding tert-OH is 1. The van der Waals surface area contributed by atoms with Gasteiger partial charge in [0.25, 0.3) is 0 Å². The van der Waals surface area contributed by atoms with E-state index in [1.165, 1.54) is 6.08 Å². The highest BCUT2D eigenvalue weighted by atomic mass is 16.6. The van der Waals surface area contributed by atoms with E-state index in [2.05, 4.69) is 10.3 Å². The summed E-state index contributed by atoms with van der Waals surface area (Å²) in [4.78, 5) is 30.1. The predicted molar refractivity (Wildman–Crippen MR) is 95.2 cm³/mol. The summed E-state index contributed by atoms with van der Waals surface area (Å²) < 4.78 is 18.0. The molecule has 0 amide bonds. The zero-order valence-electron chi connectivity index (χ0n) is 14.9. The minimum absolute atomic E-state index is 0.0745. The fourth-order valence-corrected chi connectivity index (χ4v) is 3.75. The Bertz CT molecular complexity index is 1030. The maximum Gasteiger partial charge on any atom is 0.228 e. The number of hydrogen-bond acceptors (Lipinski definition) is 8.